The molecular formula is C22H28ClN3O5S. The normalized spacial score (nSPS) is 16.0. The number of piperazine rings is 1. The first-order chi connectivity index (χ1) is 15.3. The van der Waals surface area contributed by atoms with Gasteiger partial charge in [-0.05, 0) is 49.7 Å². The van der Waals surface area contributed by atoms with Crippen molar-refractivity contribution >= 4 is 33.4 Å². The van der Waals surface area contributed by atoms with E-state index in [-0.39, 0.29) is 48.7 Å². The molecule has 32 heavy (non-hydrogen) atoms. The van der Waals surface area contributed by atoms with Gasteiger partial charge in [-0.25, -0.2) is 8.42 Å². The lowest BCUT2D eigenvalue weighted by Gasteiger charge is -2.34. The molecule has 1 aromatic carbocycles. The number of hydrogen-bond acceptors (Lipinski definition) is 5. The molecule has 3 rings (SSSR count). The Morgan fingerprint density at radius 2 is 1.78 bits per heavy atom. The molecule has 1 aliphatic rings. The zero-order valence-corrected chi connectivity index (χ0v) is 19.6. The summed E-state index contributed by atoms with van der Waals surface area (Å²) < 4.78 is 32.1. The monoisotopic (exact) mass is 481 g/mol. The number of furan rings is 1. The van der Waals surface area contributed by atoms with E-state index >= 15 is 0 Å². The summed E-state index contributed by atoms with van der Waals surface area (Å²) >= 11 is 5.83. The van der Waals surface area contributed by atoms with E-state index in [1.54, 1.807) is 11.2 Å². The summed E-state index contributed by atoms with van der Waals surface area (Å²) in [4.78, 5) is 26.4. The van der Waals surface area contributed by atoms with Crippen LogP contribution < -0.4 is 5.32 Å². The Morgan fingerprint density at radius 1 is 1.09 bits per heavy atom. The molecular weight excluding hydrogens is 454 g/mol. The van der Waals surface area contributed by atoms with Crippen LogP contribution in [0.5, 0.6) is 0 Å². The third-order valence-corrected chi connectivity index (χ3v) is 7.58. The summed E-state index contributed by atoms with van der Waals surface area (Å²) in [6.07, 6.45) is 3.30. The molecule has 1 saturated heterocycles. The zero-order chi connectivity index (χ0) is 23.1. The van der Waals surface area contributed by atoms with Crippen LogP contribution in [0.3, 0.4) is 0 Å². The molecule has 1 aliphatic heterocycles. The molecule has 2 amide bonds. The maximum absolute atomic E-state index is 12.7. The minimum Gasteiger partial charge on any atom is -0.469 e. The second-order valence-corrected chi connectivity index (χ2v) is 10.2. The van der Waals surface area contributed by atoms with Gasteiger partial charge in [-0.3, -0.25) is 9.59 Å². The summed E-state index contributed by atoms with van der Waals surface area (Å²) in [5.41, 5.74) is 0. The first-order valence-corrected chi connectivity index (χ1v) is 12.4. The zero-order valence-electron chi connectivity index (χ0n) is 18.0. The smallest absolute Gasteiger partial charge is 0.243 e. The average molecular weight is 482 g/mol. The van der Waals surface area contributed by atoms with Gasteiger partial charge in [0, 0.05) is 56.5 Å². The number of hydrogen-bond donors (Lipinski definition) is 1. The van der Waals surface area contributed by atoms with E-state index in [0.717, 1.165) is 18.6 Å². The lowest BCUT2D eigenvalue weighted by Crippen LogP contribution is -2.50. The summed E-state index contributed by atoms with van der Waals surface area (Å²) in [7, 11) is -3.62. The molecule has 0 radical (unpaired) electrons. The summed E-state index contributed by atoms with van der Waals surface area (Å²) in [5.74, 6) is 0.555. The number of aryl methyl sites for hydroxylation is 1. The summed E-state index contributed by atoms with van der Waals surface area (Å²) in [6.45, 7) is 2.95. The Hall–Kier alpha value is -2.36. The van der Waals surface area contributed by atoms with Gasteiger partial charge >= 0.3 is 0 Å². The standard InChI is InChI=1S/C22H28ClN3O5S/c1-17(4-7-19-3-2-16-31-19)24-21(27)10-11-22(28)25-12-14-26(15-13-25)32(29,30)20-8-5-18(23)6-9-20/h2-3,5-6,8-9,16-17H,4,7,10-15H2,1H3,(H,24,27)/t17-/m0/s1. The van der Waals surface area contributed by atoms with Crippen molar-refractivity contribution < 1.29 is 22.4 Å². The van der Waals surface area contributed by atoms with Crippen LogP contribution in [0.4, 0.5) is 0 Å². The maximum Gasteiger partial charge on any atom is 0.243 e. The number of rotatable bonds is 9. The highest BCUT2D eigenvalue weighted by Gasteiger charge is 2.30. The number of carbonyl (C=O) groups is 2. The Labute approximate surface area is 193 Å². The molecule has 0 aliphatic carbocycles. The number of sulfonamides is 1. The van der Waals surface area contributed by atoms with Gasteiger partial charge in [-0.1, -0.05) is 11.6 Å². The van der Waals surface area contributed by atoms with Crippen molar-refractivity contribution in [1.82, 2.24) is 14.5 Å². The quantitative estimate of drug-likeness (QED) is 0.593. The molecule has 0 unspecified atom stereocenters. The van der Waals surface area contributed by atoms with Crippen molar-refractivity contribution in [3.63, 3.8) is 0 Å². The molecule has 0 saturated carbocycles. The van der Waals surface area contributed by atoms with Crippen molar-refractivity contribution in [1.29, 1.82) is 0 Å². The van der Waals surface area contributed by atoms with Crippen molar-refractivity contribution in [2.75, 3.05) is 26.2 Å². The molecule has 1 N–H and O–H groups in total. The highest BCUT2D eigenvalue weighted by molar-refractivity contribution is 7.89. The van der Waals surface area contributed by atoms with E-state index in [4.69, 9.17) is 16.0 Å². The predicted octanol–water partition coefficient (Wildman–Crippen LogP) is 2.68. The van der Waals surface area contributed by atoms with Crippen molar-refractivity contribution in [3.05, 3.63) is 53.4 Å². The van der Waals surface area contributed by atoms with Gasteiger partial charge < -0.3 is 14.6 Å². The van der Waals surface area contributed by atoms with Gasteiger partial charge in [0.05, 0.1) is 11.2 Å². The molecule has 174 valence electrons. The summed E-state index contributed by atoms with van der Waals surface area (Å²) in [5, 5.41) is 3.37. The van der Waals surface area contributed by atoms with Crippen molar-refractivity contribution in [2.45, 2.75) is 43.5 Å². The molecule has 2 aromatic rings. The minimum atomic E-state index is -3.62. The summed E-state index contributed by atoms with van der Waals surface area (Å²) in [6, 6.07) is 9.73. The fourth-order valence-electron chi connectivity index (χ4n) is 3.54. The molecule has 0 bridgehead atoms. The number of nitrogens with zero attached hydrogens (tertiary/aromatic N) is 2. The van der Waals surface area contributed by atoms with Gasteiger partial charge in [0.15, 0.2) is 0 Å². The van der Waals surface area contributed by atoms with Crippen LogP contribution in [0.1, 0.15) is 31.9 Å². The topological polar surface area (TPSA) is 99.9 Å². The number of amides is 2. The van der Waals surface area contributed by atoms with Crippen LogP contribution in [0, 0.1) is 0 Å². The molecule has 8 nitrogen and oxygen atoms in total. The lowest BCUT2D eigenvalue weighted by molar-refractivity contribution is -0.134. The van der Waals surface area contributed by atoms with E-state index < -0.39 is 10.0 Å². The highest BCUT2D eigenvalue weighted by atomic mass is 35.5. The van der Waals surface area contributed by atoms with E-state index in [2.05, 4.69) is 5.32 Å². The Bertz CT molecular complexity index is 1000. The first-order valence-electron chi connectivity index (χ1n) is 10.6. The second kappa shape index (κ2) is 11.0. The maximum atomic E-state index is 12.7. The fourth-order valence-corrected chi connectivity index (χ4v) is 5.09. The Morgan fingerprint density at radius 3 is 2.41 bits per heavy atom. The van der Waals surface area contributed by atoms with Gasteiger partial charge in [-0.15, -0.1) is 0 Å². The molecule has 2 heterocycles. The number of nitrogens with one attached hydrogen (secondary N) is 1. The number of carbonyl (C=O) groups excluding carboxylic acids is 2. The number of benzene rings is 1. The van der Waals surface area contributed by atoms with Crippen LogP contribution in [-0.4, -0.2) is 61.7 Å². The SMILES string of the molecule is C[C@@H](CCc1ccco1)NC(=O)CCC(=O)N1CCN(S(=O)(=O)c2ccc(Cl)cc2)CC1. The molecule has 1 atom stereocenters. The van der Waals surface area contributed by atoms with E-state index in [1.807, 2.05) is 19.1 Å². The molecule has 1 aromatic heterocycles. The predicted molar refractivity (Wildman–Crippen MR) is 121 cm³/mol. The third kappa shape index (κ3) is 6.57. The minimum absolute atomic E-state index is 0.0238. The Balaban J connectivity index is 1.39. The highest BCUT2D eigenvalue weighted by Crippen LogP contribution is 2.20. The number of halogens is 1. The second-order valence-electron chi connectivity index (χ2n) is 7.83. The molecule has 1 fully saturated rings. The van der Waals surface area contributed by atoms with Crippen LogP contribution in [0.15, 0.2) is 52.0 Å². The van der Waals surface area contributed by atoms with Crippen LogP contribution in [0.2, 0.25) is 5.02 Å². The van der Waals surface area contributed by atoms with Crippen LogP contribution in [-0.2, 0) is 26.0 Å². The van der Waals surface area contributed by atoms with Gasteiger partial charge in [0.25, 0.3) is 0 Å². The van der Waals surface area contributed by atoms with Crippen LogP contribution >= 0.6 is 11.6 Å². The first kappa shape index (κ1) is 24.3. The van der Waals surface area contributed by atoms with Gasteiger partial charge in [0.2, 0.25) is 21.8 Å². The van der Waals surface area contributed by atoms with E-state index in [0.29, 0.717) is 18.1 Å². The average Bonchev–Trinajstić information content (AvgIpc) is 3.30. The Kier molecular flexibility index (Phi) is 8.33. The van der Waals surface area contributed by atoms with Crippen molar-refractivity contribution in [3.8, 4) is 0 Å². The molecule has 10 heteroatoms. The molecule has 0 spiro atoms. The van der Waals surface area contributed by atoms with Gasteiger partial charge in [-0.2, -0.15) is 4.31 Å². The fraction of sp³-hybridized carbons (Fsp3) is 0.455. The van der Waals surface area contributed by atoms with Crippen LogP contribution in [0.25, 0.3) is 0 Å². The van der Waals surface area contributed by atoms with Gasteiger partial charge in [0.1, 0.15) is 5.76 Å². The lowest BCUT2D eigenvalue weighted by atomic mass is 10.1. The largest absolute Gasteiger partial charge is 0.469 e. The van der Waals surface area contributed by atoms with E-state index in [1.165, 1.54) is 28.6 Å². The van der Waals surface area contributed by atoms with E-state index in [9.17, 15) is 18.0 Å². The third-order valence-electron chi connectivity index (χ3n) is 5.42. The van der Waals surface area contributed by atoms with Crippen molar-refractivity contribution in [2.24, 2.45) is 0 Å².